The molecule has 4 nitrogen and oxygen atoms in total. The Kier molecular flexibility index (Phi) is 7.60. The average Bonchev–Trinajstić information content (AvgIpc) is 2.69. The summed E-state index contributed by atoms with van der Waals surface area (Å²) in [6, 6.07) is 0. The van der Waals surface area contributed by atoms with E-state index in [1.54, 1.807) is 7.11 Å². The van der Waals surface area contributed by atoms with Gasteiger partial charge in [0.05, 0.1) is 17.0 Å². The summed E-state index contributed by atoms with van der Waals surface area (Å²) in [5.41, 5.74) is 5.39. The Morgan fingerprint density at radius 3 is 2.29 bits per heavy atom. The Bertz CT molecular complexity index is 350. The Hall–Kier alpha value is -0.680. The molecule has 0 atom stereocenters. The third kappa shape index (κ3) is 4.92. The fourth-order valence-corrected chi connectivity index (χ4v) is 3.41. The van der Waals surface area contributed by atoms with Crippen LogP contribution in [0.25, 0.3) is 0 Å². The third-order valence-corrected chi connectivity index (χ3v) is 4.67. The van der Waals surface area contributed by atoms with Crippen molar-refractivity contribution in [3.63, 3.8) is 0 Å². The number of hydrogen-bond donors (Lipinski definition) is 1. The second-order valence-electron chi connectivity index (χ2n) is 6.50. The van der Waals surface area contributed by atoms with E-state index in [4.69, 9.17) is 22.7 Å². The second kappa shape index (κ2) is 8.69. The topological polar surface area (TPSA) is 55.6 Å². The zero-order chi connectivity index (χ0) is 15.9. The summed E-state index contributed by atoms with van der Waals surface area (Å²) >= 11 is 5.31. The number of carbonyl (C=O) groups is 1. The highest BCUT2D eigenvalue weighted by Crippen LogP contribution is 2.37. The molecule has 0 heterocycles. The predicted octanol–water partition coefficient (Wildman–Crippen LogP) is 2.74. The molecule has 0 saturated heterocycles. The first-order valence-electron chi connectivity index (χ1n) is 8.02. The first kappa shape index (κ1) is 18.4. The van der Waals surface area contributed by atoms with Crippen LogP contribution in [0.3, 0.4) is 0 Å². The van der Waals surface area contributed by atoms with E-state index in [2.05, 4.69) is 13.8 Å². The zero-order valence-corrected chi connectivity index (χ0v) is 14.5. The van der Waals surface area contributed by atoms with E-state index in [1.165, 1.54) is 12.8 Å². The first-order chi connectivity index (χ1) is 9.94. The molecule has 2 N–H and O–H groups in total. The molecular weight excluding hydrogens is 284 g/mol. The van der Waals surface area contributed by atoms with E-state index in [9.17, 15) is 4.79 Å². The first-order valence-corrected chi connectivity index (χ1v) is 8.43. The van der Waals surface area contributed by atoms with Gasteiger partial charge in [-0.1, -0.05) is 51.7 Å². The molecule has 0 unspecified atom stereocenters. The molecular formula is C16H30N2O2S. The van der Waals surface area contributed by atoms with Crippen LogP contribution in [0.15, 0.2) is 0 Å². The number of thiocarbonyl (C=S) groups is 1. The van der Waals surface area contributed by atoms with Crippen LogP contribution in [0.1, 0.15) is 52.4 Å². The van der Waals surface area contributed by atoms with Crippen LogP contribution in [-0.4, -0.2) is 42.6 Å². The van der Waals surface area contributed by atoms with Crippen molar-refractivity contribution >= 4 is 23.1 Å². The third-order valence-electron chi connectivity index (χ3n) is 4.28. The van der Waals surface area contributed by atoms with Crippen LogP contribution >= 0.6 is 12.2 Å². The molecule has 0 radical (unpaired) electrons. The van der Waals surface area contributed by atoms with E-state index in [1.807, 2.05) is 4.90 Å². The van der Waals surface area contributed by atoms with Gasteiger partial charge >= 0.3 is 0 Å². The minimum Gasteiger partial charge on any atom is -0.392 e. The summed E-state index contributed by atoms with van der Waals surface area (Å²) in [5.74, 6) is 0.530. The van der Waals surface area contributed by atoms with Crippen molar-refractivity contribution in [3.05, 3.63) is 0 Å². The van der Waals surface area contributed by atoms with Gasteiger partial charge in [0.1, 0.15) is 0 Å². The number of hydrogen-bond acceptors (Lipinski definition) is 3. The molecule has 1 rings (SSSR count). The van der Waals surface area contributed by atoms with Gasteiger partial charge in [-0.3, -0.25) is 4.79 Å². The summed E-state index contributed by atoms with van der Waals surface area (Å²) in [4.78, 5) is 15.4. The highest BCUT2D eigenvalue weighted by atomic mass is 32.1. The molecule has 0 aliphatic heterocycles. The summed E-state index contributed by atoms with van der Waals surface area (Å²) in [7, 11) is 1.66. The number of nitrogens with two attached hydrogens (primary N) is 1. The predicted molar refractivity (Wildman–Crippen MR) is 90.2 cm³/mol. The van der Waals surface area contributed by atoms with Crippen LogP contribution in [-0.2, 0) is 9.53 Å². The van der Waals surface area contributed by atoms with Crippen molar-refractivity contribution in [3.8, 4) is 0 Å². The van der Waals surface area contributed by atoms with Gasteiger partial charge in [-0.2, -0.15) is 0 Å². The van der Waals surface area contributed by atoms with Crippen molar-refractivity contribution in [2.45, 2.75) is 52.4 Å². The van der Waals surface area contributed by atoms with Gasteiger partial charge in [0.2, 0.25) is 5.91 Å². The van der Waals surface area contributed by atoms with Crippen molar-refractivity contribution in [1.29, 1.82) is 0 Å². The average molecular weight is 314 g/mol. The fourth-order valence-electron chi connectivity index (χ4n) is 3.12. The lowest BCUT2D eigenvalue weighted by Crippen LogP contribution is -2.52. The largest absolute Gasteiger partial charge is 0.392 e. The summed E-state index contributed by atoms with van der Waals surface area (Å²) < 4.78 is 5.15. The van der Waals surface area contributed by atoms with Gasteiger partial charge in [-0.25, -0.2) is 0 Å². The minimum absolute atomic E-state index is 0.114. The van der Waals surface area contributed by atoms with E-state index in [0.717, 1.165) is 32.2 Å². The van der Waals surface area contributed by atoms with Crippen molar-refractivity contribution in [1.82, 2.24) is 4.90 Å². The summed E-state index contributed by atoms with van der Waals surface area (Å²) in [5, 5.41) is 0. The van der Waals surface area contributed by atoms with Crippen molar-refractivity contribution in [2.75, 3.05) is 26.8 Å². The number of nitrogens with zero attached hydrogens (tertiary/aromatic N) is 1. The normalized spacial score (nSPS) is 18.3. The van der Waals surface area contributed by atoms with Crippen molar-refractivity contribution < 1.29 is 9.53 Å². The standard InChI is InChI=1S/C16H30N2O2S/c1-13(2)12-18(10-11-20-3)15(19)16(14(17)21)8-6-4-5-7-9-16/h13H,4-12H2,1-3H3,(H2,17,21). The second-order valence-corrected chi connectivity index (χ2v) is 6.94. The van der Waals surface area contributed by atoms with Crippen LogP contribution < -0.4 is 5.73 Å². The molecule has 1 saturated carbocycles. The van der Waals surface area contributed by atoms with E-state index < -0.39 is 5.41 Å². The van der Waals surface area contributed by atoms with Crippen LogP contribution in [0.4, 0.5) is 0 Å². The smallest absolute Gasteiger partial charge is 0.235 e. The van der Waals surface area contributed by atoms with Gasteiger partial charge in [-0.05, 0) is 18.8 Å². The Morgan fingerprint density at radius 1 is 1.29 bits per heavy atom. The maximum atomic E-state index is 13.2. The molecule has 0 aromatic carbocycles. The highest BCUT2D eigenvalue weighted by Gasteiger charge is 2.43. The molecule has 1 amide bonds. The maximum absolute atomic E-state index is 13.2. The molecule has 0 aromatic rings. The van der Waals surface area contributed by atoms with E-state index in [-0.39, 0.29) is 5.91 Å². The summed E-state index contributed by atoms with van der Waals surface area (Å²) in [6.45, 7) is 6.12. The number of rotatable bonds is 7. The van der Waals surface area contributed by atoms with Crippen molar-refractivity contribution in [2.24, 2.45) is 17.1 Å². The number of amides is 1. The van der Waals surface area contributed by atoms with Gasteiger partial charge in [0.15, 0.2) is 0 Å². The monoisotopic (exact) mass is 314 g/mol. The van der Waals surface area contributed by atoms with Gasteiger partial charge in [-0.15, -0.1) is 0 Å². The molecule has 0 spiro atoms. The molecule has 1 aliphatic carbocycles. The molecule has 5 heteroatoms. The maximum Gasteiger partial charge on any atom is 0.235 e. The van der Waals surface area contributed by atoms with E-state index >= 15 is 0 Å². The number of ether oxygens (including phenoxy) is 1. The molecule has 1 fully saturated rings. The lowest BCUT2D eigenvalue weighted by molar-refractivity contribution is -0.140. The Labute approximate surface area is 134 Å². The van der Waals surface area contributed by atoms with Gasteiger partial charge in [0, 0.05) is 20.2 Å². The summed E-state index contributed by atoms with van der Waals surface area (Å²) in [6.07, 6.45) is 5.98. The zero-order valence-electron chi connectivity index (χ0n) is 13.7. The Morgan fingerprint density at radius 2 is 1.86 bits per heavy atom. The molecule has 21 heavy (non-hydrogen) atoms. The fraction of sp³-hybridized carbons (Fsp3) is 0.875. The van der Waals surface area contributed by atoms with Gasteiger partial charge in [0.25, 0.3) is 0 Å². The lowest BCUT2D eigenvalue weighted by atomic mass is 9.78. The lowest BCUT2D eigenvalue weighted by Gasteiger charge is -2.36. The Balaban J connectivity index is 2.96. The number of carbonyl (C=O) groups excluding carboxylic acids is 1. The highest BCUT2D eigenvalue weighted by molar-refractivity contribution is 7.80. The van der Waals surface area contributed by atoms with Crippen LogP contribution in [0, 0.1) is 11.3 Å². The van der Waals surface area contributed by atoms with E-state index in [0.29, 0.717) is 24.1 Å². The van der Waals surface area contributed by atoms with Gasteiger partial charge < -0.3 is 15.4 Å². The molecule has 0 bridgehead atoms. The molecule has 122 valence electrons. The SMILES string of the molecule is COCCN(CC(C)C)C(=O)C1(C(N)=S)CCCCCC1. The molecule has 1 aliphatic rings. The molecule has 0 aromatic heterocycles. The number of methoxy groups -OCH3 is 1. The quantitative estimate of drug-likeness (QED) is 0.580. The van der Waals surface area contributed by atoms with Crippen LogP contribution in [0.5, 0.6) is 0 Å². The minimum atomic E-state index is -0.630. The van der Waals surface area contributed by atoms with Crippen LogP contribution in [0.2, 0.25) is 0 Å².